The van der Waals surface area contributed by atoms with Crippen molar-refractivity contribution in [2.45, 2.75) is 24.7 Å². The first-order valence-corrected chi connectivity index (χ1v) is 8.07. The standard InChI is InChI=1S/C17H17ClOS/c1-14-10-12-16(13-11-14)20(19)17(18)9-5-8-15-6-3-2-4-7-15/h2-4,6-7,9-13H,5,8H2,1H3. The Balaban J connectivity index is 1.96. The lowest BCUT2D eigenvalue weighted by Crippen LogP contribution is -1.92. The number of rotatable bonds is 5. The summed E-state index contributed by atoms with van der Waals surface area (Å²) in [6.07, 6.45) is 3.55. The Morgan fingerprint density at radius 2 is 1.75 bits per heavy atom. The lowest BCUT2D eigenvalue weighted by molar-refractivity contribution is 0.687. The Hall–Kier alpha value is -1.38. The van der Waals surface area contributed by atoms with Crippen LogP contribution in [0, 0.1) is 6.92 Å². The molecule has 2 aromatic carbocycles. The van der Waals surface area contributed by atoms with Crippen LogP contribution in [0.3, 0.4) is 0 Å². The largest absolute Gasteiger partial charge is 0.248 e. The lowest BCUT2D eigenvalue weighted by Gasteiger charge is -2.02. The highest BCUT2D eigenvalue weighted by atomic mass is 35.5. The fourth-order valence-corrected chi connectivity index (χ4v) is 3.10. The van der Waals surface area contributed by atoms with Crippen molar-refractivity contribution in [2.75, 3.05) is 0 Å². The number of benzene rings is 2. The zero-order chi connectivity index (χ0) is 14.4. The van der Waals surface area contributed by atoms with Crippen LogP contribution in [0.15, 0.2) is 69.9 Å². The molecule has 0 aromatic heterocycles. The van der Waals surface area contributed by atoms with Gasteiger partial charge in [-0.05, 0) is 37.5 Å². The van der Waals surface area contributed by atoms with Crippen LogP contribution in [0.5, 0.6) is 0 Å². The van der Waals surface area contributed by atoms with E-state index in [0.717, 1.165) is 23.3 Å². The van der Waals surface area contributed by atoms with Crippen molar-refractivity contribution in [3.05, 3.63) is 76.2 Å². The van der Waals surface area contributed by atoms with Gasteiger partial charge in [-0.3, -0.25) is 0 Å². The second kappa shape index (κ2) is 7.41. The van der Waals surface area contributed by atoms with Gasteiger partial charge < -0.3 is 0 Å². The molecule has 0 aliphatic carbocycles. The fourth-order valence-electron chi connectivity index (χ4n) is 1.85. The number of aryl methyl sites for hydroxylation is 2. The number of hydrogen-bond acceptors (Lipinski definition) is 1. The summed E-state index contributed by atoms with van der Waals surface area (Å²) >= 11 is 6.13. The monoisotopic (exact) mass is 304 g/mol. The zero-order valence-corrected chi connectivity index (χ0v) is 13.0. The van der Waals surface area contributed by atoms with Gasteiger partial charge in [-0.15, -0.1) is 0 Å². The van der Waals surface area contributed by atoms with Gasteiger partial charge in [0, 0.05) is 4.90 Å². The molecular weight excluding hydrogens is 288 g/mol. The molecule has 1 unspecified atom stereocenters. The Kier molecular flexibility index (Phi) is 5.57. The minimum absolute atomic E-state index is 0.407. The molecule has 104 valence electrons. The van der Waals surface area contributed by atoms with Crippen molar-refractivity contribution in [2.24, 2.45) is 0 Å². The van der Waals surface area contributed by atoms with Crippen molar-refractivity contribution in [1.82, 2.24) is 0 Å². The molecule has 0 N–H and O–H groups in total. The first-order chi connectivity index (χ1) is 9.66. The molecular formula is C17H17ClOS. The molecule has 0 radical (unpaired) electrons. The van der Waals surface area contributed by atoms with Gasteiger partial charge >= 0.3 is 0 Å². The molecule has 0 spiro atoms. The summed E-state index contributed by atoms with van der Waals surface area (Å²) in [5, 5.41) is 0. The van der Waals surface area contributed by atoms with Gasteiger partial charge in [-0.1, -0.05) is 65.7 Å². The van der Waals surface area contributed by atoms with Crippen molar-refractivity contribution in [3.8, 4) is 0 Å². The molecule has 0 amide bonds. The molecule has 2 aromatic rings. The van der Waals surface area contributed by atoms with Crippen LogP contribution in [0.2, 0.25) is 0 Å². The molecule has 0 aliphatic rings. The topological polar surface area (TPSA) is 17.1 Å². The molecule has 1 nitrogen and oxygen atoms in total. The van der Waals surface area contributed by atoms with Gasteiger partial charge in [-0.2, -0.15) is 0 Å². The Bertz CT molecular complexity index is 603. The van der Waals surface area contributed by atoms with Gasteiger partial charge in [0.15, 0.2) is 0 Å². The maximum atomic E-state index is 12.2. The molecule has 0 bridgehead atoms. The molecule has 20 heavy (non-hydrogen) atoms. The van der Waals surface area contributed by atoms with E-state index < -0.39 is 10.8 Å². The number of hydrogen-bond donors (Lipinski definition) is 0. The van der Waals surface area contributed by atoms with E-state index in [2.05, 4.69) is 12.1 Å². The normalized spacial score (nSPS) is 13.2. The minimum Gasteiger partial charge on any atom is -0.248 e. The van der Waals surface area contributed by atoms with Crippen molar-refractivity contribution in [1.29, 1.82) is 0 Å². The molecule has 0 aliphatic heterocycles. The van der Waals surface area contributed by atoms with E-state index >= 15 is 0 Å². The summed E-state index contributed by atoms with van der Waals surface area (Å²) in [7, 11) is -1.27. The predicted molar refractivity (Wildman–Crippen MR) is 86.3 cm³/mol. The van der Waals surface area contributed by atoms with Gasteiger partial charge in [0.05, 0.1) is 10.8 Å². The van der Waals surface area contributed by atoms with E-state index in [0.29, 0.717) is 4.36 Å². The van der Waals surface area contributed by atoms with Gasteiger partial charge in [-0.25, -0.2) is 4.21 Å². The van der Waals surface area contributed by atoms with Gasteiger partial charge in [0.25, 0.3) is 0 Å². The van der Waals surface area contributed by atoms with Crippen LogP contribution in [-0.4, -0.2) is 4.21 Å². The maximum absolute atomic E-state index is 12.2. The molecule has 2 rings (SSSR count). The Morgan fingerprint density at radius 3 is 2.40 bits per heavy atom. The highest BCUT2D eigenvalue weighted by molar-refractivity contribution is 7.90. The van der Waals surface area contributed by atoms with E-state index in [4.69, 9.17) is 11.6 Å². The molecule has 0 heterocycles. The van der Waals surface area contributed by atoms with E-state index in [9.17, 15) is 4.21 Å². The minimum atomic E-state index is -1.27. The van der Waals surface area contributed by atoms with Crippen LogP contribution in [0.4, 0.5) is 0 Å². The van der Waals surface area contributed by atoms with E-state index in [-0.39, 0.29) is 0 Å². The first kappa shape index (κ1) is 15.0. The molecule has 3 heteroatoms. The Labute approximate surface area is 127 Å². The SMILES string of the molecule is Cc1ccc(S(=O)C(Cl)=CCCc2ccccc2)cc1. The van der Waals surface area contributed by atoms with Crippen molar-refractivity contribution >= 4 is 22.4 Å². The highest BCUT2D eigenvalue weighted by Gasteiger charge is 2.07. The number of halogens is 1. The van der Waals surface area contributed by atoms with Crippen LogP contribution < -0.4 is 0 Å². The predicted octanol–water partition coefficient (Wildman–Crippen LogP) is 4.82. The zero-order valence-electron chi connectivity index (χ0n) is 11.4. The third-order valence-corrected chi connectivity index (χ3v) is 4.79. The van der Waals surface area contributed by atoms with Crippen LogP contribution in [0.25, 0.3) is 0 Å². The van der Waals surface area contributed by atoms with Crippen LogP contribution in [-0.2, 0) is 17.2 Å². The second-order valence-electron chi connectivity index (χ2n) is 4.61. The van der Waals surface area contributed by atoms with E-state index in [1.165, 1.54) is 5.56 Å². The summed E-state index contributed by atoms with van der Waals surface area (Å²) in [5.41, 5.74) is 2.41. The van der Waals surface area contributed by atoms with Crippen LogP contribution in [0.1, 0.15) is 17.5 Å². The molecule has 0 fully saturated rings. The van der Waals surface area contributed by atoms with Gasteiger partial charge in [0.1, 0.15) is 4.36 Å². The molecule has 0 saturated heterocycles. The highest BCUT2D eigenvalue weighted by Crippen LogP contribution is 2.19. The summed E-state index contributed by atoms with van der Waals surface area (Å²) in [6.45, 7) is 2.00. The Morgan fingerprint density at radius 1 is 1.10 bits per heavy atom. The first-order valence-electron chi connectivity index (χ1n) is 6.55. The average Bonchev–Trinajstić information content (AvgIpc) is 2.48. The average molecular weight is 305 g/mol. The summed E-state index contributed by atoms with van der Waals surface area (Å²) < 4.78 is 12.6. The quantitative estimate of drug-likeness (QED) is 0.774. The van der Waals surface area contributed by atoms with E-state index in [1.54, 1.807) is 0 Å². The van der Waals surface area contributed by atoms with Crippen LogP contribution >= 0.6 is 11.6 Å². The molecule has 1 atom stereocenters. The smallest absolute Gasteiger partial charge is 0.106 e. The molecule has 0 saturated carbocycles. The summed E-state index contributed by atoms with van der Waals surface area (Å²) in [5.74, 6) is 0. The van der Waals surface area contributed by atoms with Crippen molar-refractivity contribution in [3.63, 3.8) is 0 Å². The van der Waals surface area contributed by atoms with Gasteiger partial charge in [0.2, 0.25) is 0 Å². The summed E-state index contributed by atoms with van der Waals surface area (Å²) in [4.78, 5) is 0.747. The van der Waals surface area contributed by atoms with Crippen molar-refractivity contribution < 1.29 is 4.21 Å². The lowest BCUT2D eigenvalue weighted by atomic mass is 10.1. The summed E-state index contributed by atoms with van der Waals surface area (Å²) in [6, 6.07) is 17.8. The third-order valence-electron chi connectivity index (χ3n) is 2.99. The fraction of sp³-hybridized carbons (Fsp3) is 0.176. The number of allylic oxidation sites excluding steroid dienone is 1. The third kappa shape index (κ3) is 4.32. The van der Waals surface area contributed by atoms with E-state index in [1.807, 2.05) is 55.5 Å². The second-order valence-corrected chi connectivity index (χ2v) is 6.69. The maximum Gasteiger partial charge on any atom is 0.106 e.